The molecule has 0 saturated carbocycles. The third kappa shape index (κ3) is 3.33. The lowest BCUT2D eigenvalue weighted by Gasteiger charge is -2.16. The summed E-state index contributed by atoms with van der Waals surface area (Å²) in [5.41, 5.74) is 2.95. The normalized spacial score (nSPS) is 16.4. The van der Waals surface area contributed by atoms with Gasteiger partial charge >= 0.3 is 0 Å². The van der Waals surface area contributed by atoms with E-state index in [9.17, 15) is 8.42 Å². The highest BCUT2D eigenvalue weighted by molar-refractivity contribution is 7.92. The number of sulfonamides is 1. The van der Waals surface area contributed by atoms with Gasteiger partial charge in [-0.05, 0) is 37.3 Å². The third-order valence-electron chi connectivity index (χ3n) is 2.86. The first-order chi connectivity index (χ1) is 8.06. The molecule has 0 aliphatic heterocycles. The van der Waals surface area contributed by atoms with Crippen LogP contribution in [0.25, 0.3) is 5.57 Å². The van der Waals surface area contributed by atoms with Crippen molar-refractivity contribution in [2.45, 2.75) is 25.7 Å². The topological polar surface area (TPSA) is 46.2 Å². The molecule has 0 atom stereocenters. The van der Waals surface area contributed by atoms with Crippen LogP contribution < -0.4 is 4.72 Å². The Labute approximate surface area is 103 Å². The van der Waals surface area contributed by atoms with Crippen LogP contribution in [0.15, 0.2) is 30.3 Å². The second-order valence-corrected chi connectivity index (χ2v) is 6.14. The van der Waals surface area contributed by atoms with E-state index < -0.39 is 10.0 Å². The Kier molecular flexibility index (Phi) is 3.52. The SMILES string of the molecule is CS(=O)(=O)Nc1ccccc1C1=CCCCC1. The van der Waals surface area contributed by atoms with Crippen LogP contribution in [-0.2, 0) is 10.0 Å². The second kappa shape index (κ2) is 4.92. The van der Waals surface area contributed by atoms with Gasteiger partial charge in [0, 0.05) is 5.56 Å². The number of hydrogen-bond donors (Lipinski definition) is 1. The second-order valence-electron chi connectivity index (χ2n) is 4.39. The minimum atomic E-state index is -3.22. The highest BCUT2D eigenvalue weighted by Crippen LogP contribution is 2.31. The van der Waals surface area contributed by atoms with Crippen LogP contribution in [-0.4, -0.2) is 14.7 Å². The van der Waals surface area contributed by atoms with Gasteiger partial charge in [0.15, 0.2) is 0 Å². The first kappa shape index (κ1) is 12.2. The molecule has 0 heterocycles. The van der Waals surface area contributed by atoms with Gasteiger partial charge in [-0.1, -0.05) is 24.3 Å². The standard InChI is InChI=1S/C13H17NO2S/c1-17(15,16)14-13-10-6-5-9-12(13)11-7-3-2-4-8-11/h5-7,9-10,14H,2-4,8H2,1H3. The van der Waals surface area contributed by atoms with Gasteiger partial charge in [0.05, 0.1) is 11.9 Å². The van der Waals surface area contributed by atoms with Gasteiger partial charge in [0.1, 0.15) is 0 Å². The highest BCUT2D eigenvalue weighted by Gasteiger charge is 2.12. The zero-order valence-corrected chi connectivity index (χ0v) is 10.8. The van der Waals surface area contributed by atoms with Crippen molar-refractivity contribution in [1.82, 2.24) is 0 Å². The van der Waals surface area contributed by atoms with Crippen LogP contribution in [0.2, 0.25) is 0 Å². The molecular formula is C13H17NO2S. The van der Waals surface area contributed by atoms with E-state index in [1.54, 1.807) is 0 Å². The largest absolute Gasteiger partial charge is 0.283 e. The Hall–Kier alpha value is -1.29. The molecule has 4 heteroatoms. The molecule has 92 valence electrons. The molecule has 1 aromatic rings. The summed E-state index contributed by atoms with van der Waals surface area (Å²) in [6.45, 7) is 0. The van der Waals surface area contributed by atoms with E-state index in [1.807, 2.05) is 24.3 Å². The average molecular weight is 251 g/mol. The summed E-state index contributed by atoms with van der Waals surface area (Å²) in [6, 6.07) is 7.58. The molecule has 0 aromatic heterocycles. The quantitative estimate of drug-likeness (QED) is 0.897. The lowest BCUT2D eigenvalue weighted by molar-refractivity contribution is 0.607. The van der Waals surface area contributed by atoms with Crippen molar-refractivity contribution in [1.29, 1.82) is 0 Å². The zero-order valence-electron chi connectivity index (χ0n) is 9.94. The molecule has 1 aliphatic carbocycles. The van der Waals surface area contributed by atoms with Gasteiger partial charge in [0.2, 0.25) is 10.0 Å². The molecule has 0 spiro atoms. The van der Waals surface area contributed by atoms with Crippen molar-refractivity contribution in [2.75, 3.05) is 11.0 Å². The van der Waals surface area contributed by atoms with Gasteiger partial charge in [0.25, 0.3) is 0 Å². The van der Waals surface area contributed by atoms with Crippen LogP contribution in [0, 0.1) is 0 Å². The van der Waals surface area contributed by atoms with Crippen LogP contribution in [0.3, 0.4) is 0 Å². The molecule has 3 nitrogen and oxygen atoms in total. The maximum atomic E-state index is 11.3. The fourth-order valence-corrected chi connectivity index (χ4v) is 2.71. The van der Waals surface area contributed by atoms with Crippen molar-refractivity contribution in [3.63, 3.8) is 0 Å². The number of rotatable bonds is 3. The minimum Gasteiger partial charge on any atom is -0.283 e. The van der Waals surface area contributed by atoms with Gasteiger partial charge < -0.3 is 0 Å². The molecule has 0 saturated heterocycles. The number of benzene rings is 1. The summed E-state index contributed by atoms with van der Waals surface area (Å²) < 4.78 is 25.2. The zero-order chi connectivity index (χ0) is 12.3. The van der Waals surface area contributed by atoms with E-state index in [-0.39, 0.29) is 0 Å². The lowest BCUT2D eigenvalue weighted by atomic mass is 9.93. The summed E-state index contributed by atoms with van der Waals surface area (Å²) in [7, 11) is -3.22. The van der Waals surface area contributed by atoms with Gasteiger partial charge in [-0.2, -0.15) is 0 Å². The highest BCUT2D eigenvalue weighted by atomic mass is 32.2. The molecule has 1 aliphatic rings. The van der Waals surface area contributed by atoms with Crippen molar-refractivity contribution < 1.29 is 8.42 Å². The third-order valence-corrected chi connectivity index (χ3v) is 3.45. The van der Waals surface area contributed by atoms with Crippen molar-refractivity contribution in [3.05, 3.63) is 35.9 Å². The maximum absolute atomic E-state index is 11.3. The van der Waals surface area contributed by atoms with Gasteiger partial charge in [-0.25, -0.2) is 8.42 Å². The Morgan fingerprint density at radius 3 is 2.59 bits per heavy atom. The molecule has 2 rings (SSSR count). The lowest BCUT2D eigenvalue weighted by Crippen LogP contribution is -2.11. The summed E-state index contributed by atoms with van der Waals surface area (Å²) >= 11 is 0. The average Bonchev–Trinajstić information content (AvgIpc) is 2.29. The van der Waals surface area contributed by atoms with E-state index in [0.29, 0.717) is 5.69 Å². The van der Waals surface area contributed by atoms with Crippen LogP contribution in [0.1, 0.15) is 31.2 Å². The van der Waals surface area contributed by atoms with Gasteiger partial charge in [-0.3, -0.25) is 4.72 Å². The fourth-order valence-electron chi connectivity index (χ4n) is 2.13. The monoisotopic (exact) mass is 251 g/mol. The Bertz CT molecular complexity index is 532. The predicted molar refractivity (Wildman–Crippen MR) is 71.4 cm³/mol. The van der Waals surface area contributed by atoms with Crippen molar-refractivity contribution in [2.24, 2.45) is 0 Å². The van der Waals surface area contributed by atoms with E-state index in [4.69, 9.17) is 0 Å². The van der Waals surface area contributed by atoms with E-state index in [0.717, 1.165) is 18.4 Å². The summed E-state index contributed by atoms with van der Waals surface area (Å²) in [6.07, 6.45) is 7.92. The molecule has 1 aromatic carbocycles. The smallest absolute Gasteiger partial charge is 0.229 e. The summed E-state index contributed by atoms with van der Waals surface area (Å²) in [5, 5.41) is 0. The maximum Gasteiger partial charge on any atom is 0.229 e. The number of anilines is 1. The first-order valence-electron chi connectivity index (χ1n) is 5.82. The van der Waals surface area contributed by atoms with Crippen LogP contribution >= 0.6 is 0 Å². The Balaban J connectivity index is 2.36. The minimum absolute atomic E-state index is 0.683. The molecular weight excluding hydrogens is 234 g/mol. The van der Waals surface area contributed by atoms with Crippen LogP contribution in [0.4, 0.5) is 5.69 Å². The number of para-hydroxylation sites is 1. The van der Waals surface area contributed by atoms with E-state index in [1.165, 1.54) is 24.7 Å². The molecule has 17 heavy (non-hydrogen) atoms. The molecule has 1 N–H and O–H groups in total. The molecule has 0 radical (unpaired) electrons. The number of nitrogens with one attached hydrogen (secondary N) is 1. The summed E-state index contributed by atoms with van der Waals surface area (Å²) in [4.78, 5) is 0. The van der Waals surface area contributed by atoms with Crippen molar-refractivity contribution in [3.8, 4) is 0 Å². The van der Waals surface area contributed by atoms with Gasteiger partial charge in [-0.15, -0.1) is 0 Å². The predicted octanol–water partition coefficient (Wildman–Crippen LogP) is 3.02. The molecule has 0 amide bonds. The molecule has 0 unspecified atom stereocenters. The van der Waals surface area contributed by atoms with Crippen LogP contribution in [0.5, 0.6) is 0 Å². The number of hydrogen-bond acceptors (Lipinski definition) is 2. The Morgan fingerprint density at radius 1 is 1.18 bits per heavy atom. The molecule has 0 fully saturated rings. The van der Waals surface area contributed by atoms with E-state index >= 15 is 0 Å². The molecule has 0 bridgehead atoms. The first-order valence-corrected chi connectivity index (χ1v) is 7.71. The fraction of sp³-hybridized carbons (Fsp3) is 0.385. The van der Waals surface area contributed by atoms with Crippen molar-refractivity contribution >= 4 is 21.3 Å². The summed E-state index contributed by atoms with van der Waals surface area (Å²) in [5.74, 6) is 0. The number of allylic oxidation sites excluding steroid dienone is 2. The Morgan fingerprint density at radius 2 is 1.94 bits per heavy atom. The van der Waals surface area contributed by atoms with E-state index in [2.05, 4.69) is 10.8 Å².